The lowest BCUT2D eigenvalue weighted by Crippen LogP contribution is -2.41. The Bertz CT molecular complexity index is 367. The third-order valence-corrected chi connectivity index (χ3v) is 4.05. The smallest absolute Gasteiger partial charge is 0.0148 e. The first-order chi connectivity index (χ1) is 8.22. The zero-order valence-electron chi connectivity index (χ0n) is 11.0. The largest absolute Gasteiger partial charge is 0.330 e. The number of rotatable bonds is 3. The van der Waals surface area contributed by atoms with Gasteiger partial charge in [-0.05, 0) is 49.9 Å². The molecule has 1 fully saturated rings. The molecule has 2 atom stereocenters. The average molecular weight is 232 g/mol. The van der Waals surface area contributed by atoms with Crippen molar-refractivity contribution < 1.29 is 0 Å². The van der Waals surface area contributed by atoms with Crippen LogP contribution in [0.5, 0.6) is 0 Å². The van der Waals surface area contributed by atoms with E-state index in [1.165, 1.54) is 36.0 Å². The van der Waals surface area contributed by atoms with Gasteiger partial charge in [0.05, 0.1) is 0 Å². The van der Waals surface area contributed by atoms with Crippen LogP contribution in [-0.2, 0) is 0 Å². The predicted octanol–water partition coefficient (Wildman–Crippen LogP) is 2.49. The van der Waals surface area contributed by atoms with Crippen LogP contribution in [0.2, 0.25) is 0 Å². The fraction of sp³-hybridized carbons (Fsp3) is 0.600. The molecule has 2 heteroatoms. The summed E-state index contributed by atoms with van der Waals surface area (Å²) in [6.07, 6.45) is 3.90. The van der Waals surface area contributed by atoms with E-state index >= 15 is 0 Å². The topological polar surface area (TPSA) is 38.0 Å². The summed E-state index contributed by atoms with van der Waals surface area (Å²) in [5.41, 5.74) is 10.1. The van der Waals surface area contributed by atoms with Crippen LogP contribution < -0.4 is 11.1 Å². The second-order valence-electron chi connectivity index (χ2n) is 5.24. The highest BCUT2D eigenvalue weighted by Crippen LogP contribution is 2.25. The highest BCUT2D eigenvalue weighted by Gasteiger charge is 2.23. The molecule has 0 bridgehead atoms. The Balaban J connectivity index is 2.18. The zero-order valence-corrected chi connectivity index (χ0v) is 11.0. The minimum atomic E-state index is 0.467. The van der Waals surface area contributed by atoms with Crippen molar-refractivity contribution in [2.45, 2.75) is 45.1 Å². The van der Waals surface area contributed by atoms with Crippen LogP contribution in [0.4, 0.5) is 0 Å². The summed E-state index contributed by atoms with van der Waals surface area (Å²) in [6.45, 7) is 6.22. The van der Waals surface area contributed by atoms with Crippen molar-refractivity contribution in [1.82, 2.24) is 5.32 Å². The molecule has 1 saturated heterocycles. The highest BCUT2D eigenvalue weighted by molar-refractivity contribution is 5.33. The summed E-state index contributed by atoms with van der Waals surface area (Å²) in [6, 6.07) is 7.34. The third-order valence-electron chi connectivity index (χ3n) is 4.05. The maximum absolute atomic E-state index is 5.98. The van der Waals surface area contributed by atoms with Crippen molar-refractivity contribution in [3.8, 4) is 0 Å². The second-order valence-corrected chi connectivity index (χ2v) is 5.24. The van der Waals surface area contributed by atoms with E-state index in [9.17, 15) is 0 Å². The van der Waals surface area contributed by atoms with E-state index < -0.39 is 0 Å². The number of nitrogens with one attached hydrogen (secondary N) is 1. The maximum Gasteiger partial charge on any atom is 0.0148 e. The molecule has 0 aromatic heterocycles. The molecule has 0 amide bonds. The van der Waals surface area contributed by atoms with Gasteiger partial charge in [-0.1, -0.05) is 24.6 Å². The molecular weight excluding hydrogens is 208 g/mol. The van der Waals surface area contributed by atoms with Gasteiger partial charge in [-0.2, -0.15) is 0 Å². The Labute approximate surface area is 105 Å². The van der Waals surface area contributed by atoms with Crippen LogP contribution in [0.1, 0.15) is 41.9 Å². The van der Waals surface area contributed by atoms with Gasteiger partial charge in [0.1, 0.15) is 0 Å². The van der Waals surface area contributed by atoms with Crippen molar-refractivity contribution in [2.24, 2.45) is 5.73 Å². The summed E-state index contributed by atoms with van der Waals surface area (Å²) in [5, 5.41) is 3.62. The lowest BCUT2D eigenvalue weighted by atomic mass is 9.85. The molecule has 0 spiro atoms. The first-order valence-corrected chi connectivity index (χ1v) is 6.73. The number of aryl methyl sites for hydroxylation is 2. The molecule has 0 radical (unpaired) electrons. The number of piperidine rings is 1. The lowest BCUT2D eigenvalue weighted by molar-refractivity contribution is 0.352. The molecule has 1 aromatic rings. The van der Waals surface area contributed by atoms with Crippen molar-refractivity contribution in [3.05, 3.63) is 34.9 Å². The van der Waals surface area contributed by atoms with Crippen LogP contribution >= 0.6 is 0 Å². The van der Waals surface area contributed by atoms with Crippen LogP contribution in [0.3, 0.4) is 0 Å². The number of benzene rings is 1. The summed E-state index contributed by atoms with van der Waals surface area (Å²) < 4.78 is 0. The highest BCUT2D eigenvalue weighted by atomic mass is 14.9. The second kappa shape index (κ2) is 5.65. The third kappa shape index (κ3) is 2.88. The zero-order chi connectivity index (χ0) is 12.3. The summed E-state index contributed by atoms with van der Waals surface area (Å²) in [7, 11) is 0. The summed E-state index contributed by atoms with van der Waals surface area (Å²) in [4.78, 5) is 0. The predicted molar refractivity (Wildman–Crippen MR) is 73.4 cm³/mol. The summed E-state index contributed by atoms with van der Waals surface area (Å²) >= 11 is 0. The molecule has 2 rings (SSSR count). The number of nitrogens with two attached hydrogens (primary N) is 1. The van der Waals surface area contributed by atoms with Gasteiger partial charge in [-0.25, -0.2) is 0 Å². The van der Waals surface area contributed by atoms with Crippen molar-refractivity contribution in [1.29, 1.82) is 0 Å². The van der Waals surface area contributed by atoms with Crippen LogP contribution in [-0.4, -0.2) is 19.1 Å². The Morgan fingerprint density at radius 3 is 2.71 bits per heavy atom. The van der Waals surface area contributed by atoms with E-state index in [0.717, 1.165) is 13.1 Å². The van der Waals surface area contributed by atoms with Crippen LogP contribution in [0.25, 0.3) is 0 Å². The lowest BCUT2D eigenvalue weighted by Gasteiger charge is -2.31. The van der Waals surface area contributed by atoms with E-state index in [-0.39, 0.29) is 0 Å². The number of hydrogen-bond acceptors (Lipinski definition) is 2. The minimum Gasteiger partial charge on any atom is -0.330 e. The minimum absolute atomic E-state index is 0.467. The van der Waals surface area contributed by atoms with E-state index in [2.05, 4.69) is 37.4 Å². The molecule has 2 unspecified atom stereocenters. The van der Waals surface area contributed by atoms with E-state index in [1.807, 2.05) is 0 Å². The Morgan fingerprint density at radius 2 is 2.12 bits per heavy atom. The normalized spacial score (nSPS) is 22.4. The molecule has 94 valence electrons. The van der Waals surface area contributed by atoms with Crippen molar-refractivity contribution >= 4 is 0 Å². The molecular formula is C15H24N2. The van der Waals surface area contributed by atoms with E-state index in [0.29, 0.717) is 12.0 Å². The Kier molecular flexibility index (Phi) is 4.19. The maximum atomic E-state index is 5.98. The summed E-state index contributed by atoms with van der Waals surface area (Å²) in [5.74, 6) is 0.467. The standard InChI is InChI=1S/C15H24N2/c1-11-6-7-13(9-12(11)2)14(10-16)15-5-3-4-8-17-15/h6-7,9,14-15,17H,3-5,8,10,16H2,1-2H3. The monoisotopic (exact) mass is 232 g/mol. The van der Waals surface area contributed by atoms with Gasteiger partial charge in [0, 0.05) is 18.5 Å². The van der Waals surface area contributed by atoms with Gasteiger partial charge in [0.2, 0.25) is 0 Å². The van der Waals surface area contributed by atoms with Gasteiger partial charge in [0.15, 0.2) is 0 Å². The van der Waals surface area contributed by atoms with Gasteiger partial charge >= 0.3 is 0 Å². The van der Waals surface area contributed by atoms with Crippen molar-refractivity contribution in [3.63, 3.8) is 0 Å². The fourth-order valence-corrected chi connectivity index (χ4v) is 2.75. The molecule has 17 heavy (non-hydrogen) atoms. The molecule has 0 aliphatic carbocycles. The molecule has 1 aliphatic rings. The van der Waals surface area contributed by atoms with E-state index in [4.69, 9.17) is 5.73 Å². The molecule has 0 saturated carbocycles. The van der Waals surface area contributed by atoms with Gasteiger partial charge in [-0.3, -0.25) is 0 Å². The van der Waals surface area contributed by atoms with Crippen LogP contribution in [0.15, 0.2) is 18.2 Å². The van der Waals surface area contributed by atoms with Crippen molar-refractivity contribution in [2.75, 3.05) is 13.1 Å². The Morgan fingerprint density at radius 1 is 1.29 bits per heavy atom. The fourth-order valence-electron chi connectivity index (χ4n) is 2.75. The molecule has 1 aliphatic heterocycles. The van der Waals surface area contributed by atoms with Gasteiger partial charge in [-0.15, -0.1) is 0 Å². The molecule has 3 N–H and O–H groups in total. The average Bonchev–Trinajstić information content (AvgIpc) is 2.36. The SMILES string of the molecule is Cc1ccc(C(CN)C2CCCCN2)cc1C. The molecule has 2 nitrogen and oxygen atoms in total. The molecule has 1 heterocycles. The Hall–Kier alpha value is -0.860. The number of hydrogen-bond donors (Lipinski definition) is 2. The van der Waals surface area contributed by atoms with Gasteiger partial charge < -0.3 is 11.1 Å². The van der Waals surface area contributed by atoms with E-state index in [1.54, 1.807) is 0 Å². The van der Waals surface area contributed by atoms with Gasteiger partial charge in [0.25, 0.3) is 0 Å². The first kappa shape index (κ1) is 12.6. The molecule has 1 aromatic carbocycles. The quantitative estimate of drug-likeness (QED) is 0.840. The van der Waals surface area contributed by atoms with Crippen LogP contribution in [0, 0.1) is 13.8 Å². The first-order valence-electron chi connectivity index (χ1n) is 6.73.